The predicted octanol–water partition coefficient (Wildman–Crippen LogP) is 5.13. The van der Waals surface area contributed by atoms with Crippen molar-refractivity contribution >= 4 is 33.9 Å². The molecule has 0 aliphatic rings. The van der Waals surface area contributed by atoms with Crippen LogP contribution in [0.1, 0.15) is 27.7 Å². The molecule has 0 saturated carbocycles. The molecule has 32 heavy (non-hydrogen) atoms. The first kappa shape index (κ1) is 23.0. The van der Waals surface area contributed by atoms with E-state index < -0.39 is 16.8 Å². The van der Waals surface area contributed by atoms with E-state index >= 15 is 0 Å². The summed E-state index contributed by atoms with van der Waals surface area (Å²) in [6.07, 6.45) is 0. The quantitative estimate of drug-likeness (QED) is 0.287. The van der Waals surface area contributed by atoms with Crippen molar-refractivity contribution in [1.29, 1.82) is 0 Å². The second-order valence-corrected chi connectivity index (χ2v) is 8.14. The molecule has 0 atom stereocenters. The van der Waals surface area contributed by atoms with Gasteiger partial charge in [-0.15, -0.1) is 11.3 Å². The normalized spacial score (nSPS) is 10.5. The Morgan fingerprint density at radius 2 is 1.84 bits per heavy atom. The summed E-state index contributed by atoms with van der Waals surface area (Å²) in [6.45, 7) is 5.36. The number of carbonyl (C=O) groups is 2. The van der Waals surface area contributed by atoms with Crippen LogP contribution in [-0.4, -0.2) is 30.0 Å². The number of nitrogens with one attached hydrogen (secondary N) is 1. The number of hydrogen-bond acceptors (Lipinski definition) is 7. The number of nitrogens with zero attached hydrogens (tertiary/aromatic N) is 1. The summed E-state index contributed by atoms with van der Waals surface area (Å²) in [6, 6.07) is 13.2. The molecule has 0 radical (unpaired) electrons. The highest BCUT2D eigenvalue weighted by molar-refractivity contribution is 7.17. The van der Waals surface area contributed by atoms with Gasteiger partial charge < -0.3 is 14.8 Å². The molecule has 0 fully saturated rings. The standard InChI is InChI=1S/C23H22N2O6S/c1-4-30-23(27)21-20(16-8-10-17(11-9-16)25(28)29)15(3)32-22(21)24-19(26)13-31-18-7-5-6-14(2)12-18/h5-12H,4,13H2,1-3H3,(H,24,26). The van der Waals surface area contributed by atoms with E-state index in [1.807, 2.05) is 32.0 Å². The van der Waals surface area contributed by atoms with Crippen molar-refractivity contribution in [3.05, 3.63) is 74.6 Å². The number of esters is 1. The molecule has 1 aromatic heterocycles. The molecule has 0 saturated heterocycles. The number of aryl methyl sites for hydroxylation is 2. The van der Waals surface area contributed by atoms with Crippen molar-refractivity contribution in [3.63, 3.8) is 0 Å². The Balaban J connectivity index is 1.88. The van der Waals surface area contributed by atoms with Gasteiger partial charge in [0, 0.05) is 22.6 Å². The summed E-state index contributed by atoms with van der Waals surface area (Å²) in [5, 5.41) is 14.0. The molecule has 1 heterocycles. The van der Waals surface area contributed by atoms with Crippen LogP contribution in [-0.2, 0) is 9.53 Å². The second kappa shape index (κ2) is 10.1. The number of anilines is 1. The van der Waals surface area contributed by atoms with Crippen LogP contribution in [0.2, 0.25) is 0 Å². The minimum atomic E-state index is -0.583. The van der Waals surface area contributed by atoms with Crippen LogP contribution in [0.3, 0.4) is 0 Å². The summed E-state index contributed by atoms with van der Waals surface area (Å²) >= 11 is 1.23. The van der Waals surface area contributed by atoms with Crippen molar-refractivity contribution in [1.82, 2.24) is 0 Å². The van der Waals surface area contributed by atoms with Gasteiger partial charge in [-0.05, 0) is 56.2 Å². The molecule has 9 heteroatoms. The summed E-state index contributed by atoms with van der Waals surface area (Å²) in [5.74, 6) is -0.437. The van der Waals surface area contributed by atoms with Gasteiger partial charge in [-0.1, -0.05) is 12.1 Å². The van der Waals surface area contributed by atoms with Crippen molar-refractivity contribution in [2.45, 2.75) is 20.8 Å². The van der Waals surface area contributed by atoms with E-state index in [0.29, 0.717) is 21.9 Å². The minimum Gasteiger partial charge on any atom is -0.484 e. The van der Waals surface area contributed by atoms with Gasteiger partial charge >= 0.3 is 5.97 Å². The van der Waals surface area contributed by atoms with E-state index in [0.717, 1.165) is 10.4 Å². The molecule has 2 aromatic carbocycles. The Kier molecular flexibility index (Phi) is 7.21. The van der Waals surface area contributed by atoms with Crippen LogP contribution in [0.4, 0.5) is 10.7 Å². The van der Waals surface area contributed by atoms with Gasteiger partial charge in [0.25, 0.3) is 11.6 Å². The fraction of sp³-hybridized carbons (Fsp3) is 0.217. The molecule has 8 nitrogen and oxygen atoms in total. The maximum absolute atomic E-state index is 12.7. The summed E-state index contributed by atoms with van der Waals surface area (Å²) in [7, 11) is 0. The van der Waals surface area contributed by atoms with E-state index in [-0.39, 0.29) is 24.5 Å². The molecule has 3 aromatic rings. The molecule has 0 bridgehead atoms. The van der Waals surface area contributed by atoms with Crippen molar-refractivity contribution in [3.8, 4) is 16.9 Å². The van der Waals surface area contributed by atoms with Crippen molar-refractivity contribution < 1.29 is 24.0 Å². The number of thiophene rings is 1. The Bertz CT molecular complexity index is 1150. The lowest BCUT2D eigenvalue weighted by Crippen LogP contribution is -2.21. The zero-order valence-electron chi connectivity index (χ0n) is 17.8. The number of hydrogen-bond donors (Lipinski definition) is 1. The van der Waals surface area contributed by atoms with Gasteiger partial charge in [-0.2, -0.15) is 0 Å². The first-order chi connectivity index (χ1) is 15.3. The fourth-order valence-electron chi connectivity index (χ4n) is 3.14. The van der Waals surface area contributed by atoms with Gasteiger partial charge in [-0.3, -0.25) is 14.9 Å². The van der Waals surface area contributed by atoms with Gasteiger partial charge in [0.05, 0.1) is 11.5 Å². The molecule has 0 spiro atoms. The Morgan fingerprint density at radius 3 is 2.47 bits per heavy atom. The van der Waals surface area contributed by atoms with Crippen LogP contribution in [0.5, 0.6) is 5.75 Å². The molecular formula is C23H22N2O6S. The number of nitro groups is 1. The van der Waals surface area contributed by atoms with Crippen LogP contribution < -0.4 is 10.1 Å². The zero-order valence-corrected chi connectivity index (χ0v) is 18.7. The van der Waals surface area contributed by atoms with E-state index in [9.17, 15) is 19.7 Å². The lowest BCUT2D eigenvalue weighted by Gasteiger charge is -2.10. The second-order valence-electron chi connectivity index (χ2n) is 6.92. The SMILES string of the molecule is CCOC(=O)c1c(NC(=O)COc2cccc(C)c2)sc(C)c1-c1ccc([N+](=O)[O-])cc1. The Labute approximate surface area is 188 Å². The third-order valence-electron chi connectivity index (χ3n) is 4.54. The molecule has 1 amide bonds. The third kappa shape index (κ3) is 5.30. The molecule has 166 valence electrons. The lowest BCUT2D eigenvalue weighted by atomic mass is 10.0. The van der Waals surface area contributed by atoms with Gasteiger partial charge in [0.2, 0.25) is 0 Å². The van der Waals surface area contributed by atoms with Gasteiger partial charge in [0.15, 0.2) is 6.61 Å². The van der Waals surface area contributed by atoms with Crippen LogP contribution in [0.15, 0.2) is 48.5 Å². The smallest absolute Gasteiger partial charge is 0.341 e. The molecule has 1 N–H and O–H groups in total. The van der Waals surface area contributed by atoms with E-state index in [1.54, 1.807) is 25.1 Å². The zero-order chi connectivity index (χ0) is 23.3. The minimum absolute atomic E-state index is 0.0545. The van der Waals surface area contributed by atoms with Crippen molar-refractivity contribution in [2.24, 2.45) is 0 Å². The average Bonchev–Trinajstić information content (AvgIpc) is 3.08. The maximum atomic E-state index is 12.7. The number of non-ortho nitro benzene ring substituents is 1. The number of carbonyl (C=O) groups excluding carboxylic acids is 2. The molecular weight excluding hydrogens is 432 g/mol. The summed E-state index contributed by atoms with van der Waals surface area (Å²) < 4.78 is 10.7. The summed E-state index contributed by atoms with van der Waals surface area (Å²) in [4.78, 5) is 36.5. The number of benzene rings is 2. The van der Waals surface area contributed by atoms with Crippen molar-refractivity contribution in [2.75, 3.05) is 18.5 Å². The average molecular weight is 455 g/mol. The number of nitro benzene ring substituents is 1. The topological polar surface area (TPSA) is 108 Å². The van der Waals surface area contributed by atoms with Crippen LogP contribution >= 0.6 is 11.3 Å². The fourth-order valence-corrected chi connectivity index (χ4v) is 4.23. The third-order valence-corrected chi connectivity index (χ3v) is 5.56. The highest BCUT2D eigenvalue weighted by Gasteiger charge is 2.26. The monoisotopic (exact) mass is 454 g/mol. The van der Waals surface area contributed by atoms with E-state index in [4.69, 9.17) is 9.47 Å². The largest absolute Gasteiger partial charge is 0.484 e. The molecule has 0 unspecified atom stereocenters. The predicted molar refractivity (Wildman–Crippen MR) is 122 cm³/mol. The van der Waals surface area contributed by atoms with Gasteiger partial charge in [0.1, 0.15) is 16.3 Å². The summed E-state index contributed by atoms with van der Waals surface area (Å²) in [5.41, 5.74) is 2.35. The lowest BCUT2D eigenvalue weighted by molar-refractivity contribution is -0.384. The highest BCUT2D eigenvalue weighted by atomic mass is 32.1. The molecule has 0 aliphatic heterocycles. The number of ether oxygens (including phenoxy) is 2. The Hall–Kier alpha value is -3.72. The Morgan fingerprint density at radius 1 is 1.12 bits per heavy atom. The molecule has 0 aliphatic carbocycles. The molecule has 3 rings (SSSR count). The highest BCUT2D eigenvalue weighted by Crippen LogP contribution is 2.40. The van der Waals surface area contributed by atoms with E-state index in [1.165, 1.54) is 23.5 Å². The first-order valence-corrected chi connectivity index (χ1v) is 10.7. The first-order valence-electron chi connectivity index (χ1n) is 9.84. The maximum Gasteiger partial charge on any atom is 0.341 e. The van der Waals surface area contributed by atoms with E-state index in [2.05, 4.69) is 5.32 Å². The van der Waals surface area contributed by atoms with Crippen LogP contribution in [0, 0.1) is 24.0 Å². The number of rotatable bonds is 8. The van der Waals surface area contributed by atoms with Gasteiger partial charge in [-0.25, -0.2) is 4.79 Å². The number of amides is 1. The van der Waals surface area contributed by atoms with Crippen LogP contribution in [0.25, 0.3) is 11.1 Å².